The number of hydrogen-bond donors (Lipinski definition) is 1. The second-order valence-corrected chi connectivity index (χ2v) is 6.20. The first-order chi connectivity index (χ1) is 9.97. The van der Waals surface area contributed by atoms with Crippen LogP contribution in [0.4, 0.5) is 4.79 Å². The van der Waals surface area contributed by atoms with E-state index in [1.54, 1.807) is 6.20 Å². The zero-order chi connectivity index (χ0) is 15.4. The lowest BCUT2D eigenvalue weighted by Gasteiger charge is -2.43. The second kappa shape index (κ2) is 7.09. The first kappa shape index (κ1) is 16.0. The van der Waals surface area contributed by atoms with E-state index in [1.165, 1.54) is 4.90 Å². The molecular formula is C14H20BrN3O3. The first-order valence-corrected chi connectivity index (χ1v) is 7.74. The van der Waals surface area contributed by atoms with E-state index >= 15 is 0 Å². The minimum atomic E-state index is -0.845. The highest BCUT2D eigenvalue weighted by Crippen LogP contribution is 2.17. The summed E-state index contributed by atoms with van der Waals surface area (Å²) in [5.74, 6) is 0.592. The molecule has 2 atom stereocenters. The summed E-state index contributed by atoms with van der Waals surface area (Å²) in [4.78, 5) is 18.9. The number of hydrogen-bond acceptors (Lipinski definition) is 4. The number of piperazine rings is 1. The minimum absolute atomic E-state index is 0.184. The predicted molar refractivity (Wildman–Crippen MR) is 82.7 cm³/mol. The van der Waals surface area contributed by atoms with E-state index in [4.69, 9.17) is 9.84 Å². The number of nitrogens with zero attached hydrogens (tertiary/aromatic N) is 3. The topological polar surface area (TPSA) is 65.9 Å². The molecule has 1 amide bonds. The van der Waals surface area contributed by atoms with E-state index in [-0.39, 0.29) is 12.1 Å². The molecule has 1 aliphatic rings. The summed E-state index contributed by atoms with van der Waals surface area (Å²) in [6.45, 7) is 6.45. The van der Waals surface area contributed by atoms with Crippen LogP contribution in [-0.2, 0) is 0 Å². The molecule has 1 fully saturated rings. The van der Waals surface area contributed by atoms with Crippen LogP contribution in [-0.4, -0.2) is 64.3 Å². The van der Waals surface area contributed by atoms with Crippen molar-refractivity contribution in [3.8, 4) is 5.88 Å². The summed E-state index contributed by atoms with van der Waals surface area (Å²) >= 11 is 3.38. The Hall–Kier alpha value is -1.34. The highest BCUT2D eigenvalue weighted by Gasteiger charge is 2.31. The molecule has 2 heterocycles. The molecule has 2 rings (SSSR count). The first-order valence-electron chi connectivity index (χ1n) is 6.95. The molecule has 7 heteroatoms. The molecule has 6 nitrogen and oxygen atoms in total. The maximum absolute atomic E-state index is 11.1. The third kappa shape index (κ3) is 4.31. The lowest BCUT2D eigenvalue weighted by Crippen LogP contribution is -2.58. The molecule has 2 unspecified atom stereocenters. The van der Waals surface area contributed by atoms with Gasteiger partial charge in [0, 0.05) is 48.5 Å². The summed E-state index contributed by atoms with van der Waals surface area (Å²) in [6.07, 6.45) is 0.846. The van der Waals surface area contributed by atoms with E-state index in [1.807, 2.05) is 26.0 Å². The average Bonchev–Trinajstić information content (AvgIpc) is 2.41. The summed E-state index contributed by atoms with van der Waals surface area (Å²) in [5.41, 5.74) is 0. The Labute approximate surface area is 132 Å². The van der Waals surface area contributed by atoms with Crippen LogP contribution in [0.3, 0.4) is 0 Å². The standard InChI is InChI=1S/C14H20BrN3O3/c1-10-8-17(14(19)20)9-11(2)18(10)5-6-21-13-7-12(15)3-4-16-13/h3-4,7,10-11H,5-6,8-9H2,1-2H3,(H,19,20). The van der Waals surface area contributed by atoms with Gasteiger partial charge in [0.05, 0.1) is 0 Å². The fraction of sp³-hybridized carbons (Fsp3) is 0.571. The van der Waals surface area contributed by atoms with Gasteiger partial charge in [0.15, 0.2) is 0 Å². The molecule has 1 aromatic heterocycles. The summed E-state index contributed by atoms with van der Waals surface area (Å²) in [7, 11) is 0. The van der Waals surface area contributed by atoms with Crippen LogP contribution in [0.1, 0.15) is 13.8 Å². The second-order valence-electron chi connectivity index (χ2n) is 5.28. The van der Waals surface area contributed by atoms with Crippen molar-refractivity contribution < 1.29 is 14.6 Å². The summed E-state index contributed by atoms with van der Waals surface area (Å²) < 4.78 is 6.58. The number of ether oxygens (including phenoxy) is 1. The molecule has 1 saturated heterocycles. The number of carboxylic acid groups (broad SMARTS) is 1. The van der Waals surface area contributed by atoms with Crippen LogP contribution in [0.25, 0.3) is 0 Å². The van der Waals surface area contributed by atoms with Gasteiger partial charge < -0.3 is 14.7 Å². The molecule has 1 aliphatic heterocycles. The van der Waals surface area contributed by atoms with Crippen LogP contribution in [0.15, 0.2) is 22.8 Å². The highest BCUT2D eigenvalue weighted by atomic mass is 79.9. The van der Waals surface area contributed by atoms with Gasteiger partial charge in [-0.2, -0.15) is 0 Å². The maximum atomic E-state index is 11.1. The summed E-state index contributed by atoms with van der Waals surface area (Å²) in [5, 5.41) is 9.08. The van der Waals surface area contributed by atoms with Gasteiger partial charge in [-0.3, -0.25) is 4.90 Å². The van der Waals surface area contributed by atoms with E-state index in [2.05, 4.69) is 25.8 Å². The third-order valence-corrected chi connectivity index (χ3v) is 4.16. The van der Waals surface area contributed by atoms with Crippen LogP contribution in [0.2, 0.25) is 0 Å². The van der Waals surface area contributed by atoms with Crippen molar-refractivity contribution >= 4 is 22.0 Å². The highest BCUT2D eigenvalue weighted by molar-refractivity contribution is 9.10. The SMILES string of the molecule is CC1CN(C(=O)O)CC(C)N1CCOc1cc(Br)ccn1. The van der Waals surface area contributed by atoms with Crippen molar-refractivity contribution in [1.29, 1.82) is 0 Å². The Kier molecular flexibility index (Phi) is 5.41. The minimum Gasteiger partial charge on any atom is -0.476 e. The van der Waals surface area contributed by atoms with Crippen molar-refractivity contribution in [1.82, 2.24) is 14.8 Å². The smallest absolute Gasteiger partial charge is 0.407 e. The van der Waals surface area contributed by atoms with Gasteiger partial charge in [-0.1, -0.05) is 15.9 Å². The zero-order valence-electron chi connectivity index (χ0n) is 12.2. The number of halogens is 1. The molecule has 0 radical (unpaired) electrons. The van der Waals surface area contributed by atoms with Crippen molar-refractivity contribution in [3.63, 3.8) is 0 Å². The number of aromatic nitrogens is 1. The van der Waals surface area contributed by atoms with Crippen LogP contribution in [0, 0.1) is 0 Å². The van der Waals surface area contributed by atoms with Gasteiger partial charge in [0.1, 0.15) is 6.61 Å². The Morgan fingerprint density at radius 3 is 2.71 bits per heavy atom. The largest absolute Gasteiger partial charge is 0.476 e. The van der Waals surface area contributed by atoms with Crippen molar-refractivity contribution in [3.05, 3.63) is 22.8 Å². The van der Waals surface area contributed by atoms with E-state index in [0.717, 1.165) is 11.0 Å². The van der Waals surface area contributed by atoms with Gasteiger partial charge in [-0.25, -0.2) is 9.78 Å². The number of pyridine rings is 1. The van der Waals surface area contributed by atoms with Gasteiger partial charge in [-0.15, -0.1) is 0 Å². The zero-order valence-corrected chi connectivity index (χ0v) is 13.8. The van der Waals surface area contributed by atoms with Crippen molar-refractivity contribution in [2.24, 2.45) is 0 Å². The molecule has 0 spiro atoms. The molecule has 0 bridgehead atoms. The quantitative estimate of drug-likeness (QED) is 0.895. The van der Waals surface area contributed by atoms with Crippen LogP contribution < -0.4 is 4.74 Å². The predicted octanol–water partition coefficient (Wildman–Crippen LogP) is 2.30. The monoisotopic (exact) mass is 357 g/mol. The van der Waals surface area contributed by atoms with E-state index in [0.29, 0.717) is 25.6 Å². The van der Waals surface area contributed by atoms with Gasteiger partial charge in [0.25, 0.3) is 0 Å². The molecular weight excluding hydrogens is 338 g/mol. The molecule has 21 heavy (non-hydrogen) atoms. The molecule has 116 valence electrons. The van der Waals surface area contributed by atoms with Gasteiger partial charge in [-0.05, 0) is 19.9 Å². The van der Waals surface area contributed by atoms with Crippen LogP contribution >= 0.6 is 15.9 Å². The normalized spacial score (nSPS) is 23.1. The van der Waals surface area contributed by atoms with E-state index < -0.39 is 6.09 Å². The van der Waals surface area contributed by atoms with Gasteiger partial charge >= 0.3 is 6.09 Å². The van der Waals surface area contributed by atoms with Crippen molar-refractivity contribution in [2.75, 3.05) is 26.2 Å². The fourth-order valence-electron chi connectivity index (χ4n) is 2.67. The molecule has 0 aromatic carbocycles. The Balaban J connectivity index is 1.84. The molecule has 0 saturated carbocycles. The number of amides is 1. The Bertz CT molecular complexity index is 488. The van der Waals surface area contributed by atoms with Gasteiger partial charge in [0.2, 0.25) is 5.88 Å². The Morgan fingerprint density at radius 2 is 2.14 bits per heavy atom. The fourth-order valence-corrected chi connectivity index (χ4v) is 2.99. The number of carbonyl (C=O) groups is 1. The Morgan fingerprint density at radius 1 is 1.48 bits per heavy atom. The average molecular weight is 358 g/mol. The molecule has 1 aromatic rings. The molecule has 0 aliphatic carbocycles. The summed E-state index contributed by atoms with van der Waals surface area (Å²) in [6, 6.07) is 4.05. The lowest BCUT2D eigenvalue weighted by molar-refractivity contribution is 0.0319. The van der Waals surface area contributed by atoms with Crippen LogP contribution in [0.5, 0.6) is 5.88 Å². The van der Waals surface area contributed by atoms with E-state index in [9.17, 15) is 4.79 Å². The maximum Gasteiger partial charge on any atom is 0.407 e. The molecule has 1 N–H and O–H groups in total. The number of rotatable bonds is 4. The lowest BCUT2D eigenvalue weighted by atomic mass is 10.1. The van der Waals surface area contributed by atoms with Crippen molar-refractivity contribution in [2.45, 2.75) is 25.9 Å². The third-order valence-electron chi connectivity index (χ3n) is 3.67.